The van der Waals surface area contributed by atoms with Gasteiger partial charge in [0.25, 0.3) is 0 Å². The van der Waals surface area contributed by atoms with Crippen molar-refractivity contribution in [2.75, 3.05) is 6.54 Å². The number of alkyl halides is 2. The minimum atomic E-state index is -4.07. The second-order valence-electron chi connectivity index (χ2n) is 8.41. The van der Waals surface area contributed by atoms with Crippen LogP contribution in [0.5, 0.6) is 0 Å². The van der Waals surface area contributed by atoms with Crippen LogP contribution in [0.4, 0.5) is 13.2 Å². The molecule has 0 radical (unpaired) electrons. The first-order valence-corrected chi connectivity index (χ1v) is 12.2. The van der Waals surface area contributed by atoms with E-state index in [1.54, 1.807) is 6.07 Å². The number of sulfonamides is 1. The van der Waals surface area contributed by atoms with E-state index in [0.29, 0.717) is 30.7 Å². The fraction of sp³-hybridized carbons (Fsp3) is 0.348. The highest BCUT2D eigenvalue weighted by molar-refractivity contribution is 7.89. The van der Waals surface area contributed by atoms with Crippen molar-refractivity contribution in [3.63, 3.8) is 0 Å². The third kappa shape index (κ3) is 5.29. The molecule has 0 saturated carbocycles. The molecule has 0 aliphatic carbocycles. The number of benzene rings is 2. The van der Waals surface area contributed by atoms with E-state index in [9.17, 15) is 21.6 Å². The highest BCUT2D eigenvalue weighted by atomic mass is 32.2. The first kappa shape index (κ1) is 23.5. The zero-order valence-electron chi connectivity index (χ0n) is 18.1. The summed E-state index contributed by atoms with van der Waals surface area (Å²) in [5.41, 5.74) is 3.00. The Morgan fingerprint density at radius 2 is 1.91 bits per heavy atom. The number of halogens is 3. The molecular weight excluding hydrogens is 453 g/mol. The van der Waals surface area contributed by atoms with Crippen molar-refractivity contribution in [2.24, 2.45) is 5.14 Å². The molecule has 1 fully saturated rings. The van der Waals surface area contributed by atoms with Crippen LogP contribution in [0, 0.1) is 12.7 Å². The van der Waals surface area contributed by atoms with Gasteiger partial charge < -0.3 is 0 Å². The third-order valence-corrected chi connectivity index (χ3v) is 6.66. The highest BCUT2D eigenvalue weighted by Crippen LogP contribution is 2.32. The number of nitrogens with two attached hydrogens (primary N) is 1. The molecule has 0 unspecified atom stereocenters. The van der Waals surface area contributed by atoms with Gasteiger partial charge in [0.05, 0.1) is 10.6 Å². The quantitative estimate of drug-likeness (QED) is 0.540. The summed E-state index contributed by atoms with van der Waals surface area (Å²) >= 11 is 0. The molecule has 1 saturated heterocycles. The van der Waals surface area contributed by atoms with Gasteiger partial charge in [-0.2, -0.15) is 13.9 Å². The van der Waals surface area contributed by atoms with E-state index >= 15 is 0 Å². The molecule has 2 heterocycles. The minimum Gasteiger partial charge on any atom is -0.239 e. The van der Waals surface area contributed by atoms with E-state index in [1.807, 2.05) is 31.2 Å². The summed E-state index contributed by atoms with van der Waals surface area (Å²) in [5.74, 6) is -0.829. The minimum absolute atomic E-state index is 0.0155. The van der Waals surface area contributed by atoms with E-state index in [0.717, 1.165) is 22.1 Å². The molecule has 0 bridgehead atoms. The number of hydrogen-bond donors (Lipinski definition) is 1. The third-order valence-electron chi connectivity index (χ3n) is 5.75. The lowest BCUT2D eigenvalue weighted by Gasteiger charge is -2.34. The molecule has 33 heavy (non-hydrogen) atoms. The van der Waals surface area contributed by atoms with Crippen molar-refractivity contribution < 1.29 is 21.6 Å². The fourth-order valence-corrected chi connectivity index (χ4v) is 4.63. The summed E-state index contributed by atoms with van der Waals surface area (Å²) < 4.78 is 68.1. The Bertz CT molecular complexity index is 1270. The first-order chi connectivity index (χ1) is 15.5. The van der Waals surface area contributed by atoms with Gasteiger partial charge in [0, 0.05) is 31.6 Å². The maximum absolute atomic E-state index is 14.9. The largest absolute Gasteiger partial charge is 0.305 e. The van der Waals surface area contributed by atoms with Crippen LogP contribution in [-0.4, -0.2) is 35.7 Å². The maximum Gasteiger partial charge on any atom is 0.305 e. The zero-order chi connectivity index (χ0) is 23.8. The van der Waals surface area contributed by atoms with Crippen LogP contribution in [0.3, 0.4) is 0 Å². The van der Waals surface area contributed by atoms with Crippen LogP contribution in [0.15, 0.2) is 53.4 Å². The number of rotatable bonds is 6. The Morgan fingerprint density at radius 1 is 1.12 bits per heavy atom. The Morgan fingerprint density at radius 3 is 2.58 bits per heavy atom. The standard InChI is InChI=1S/C23H25F3N4O2S/c1-16-5-4-6-17(11-16)12-19-13-18(15-29-10-3-2-9-23(29,25)26)28-30(19)22-8-7-20(14-21(22)24)33(27,31)32/h4-8,11,13-14H,2-3,9-10,12,15H2,1H3,(H2,27,31,32). The smallest absolute Gasteiger partial charge is 0.239 e. The molecule has 6 nitrogen and oxygen atoms in total. The Labute approximate surface area is 190 Å². The summed E-state index contributed by atoms with van der Waals surface area (Å²) in [6.45, 7) is 2.14. The van der Waals surface area contributed by atoms with Gasteiger partial charge in [-0.05, 0) is 49.6 Å². The number of aryl methyl sites for hydroxylation is 1. The molecule has 1 aliphatic rings. The van der Waals surface area contributed by atoms with Gasteiger partial charge in [0.2, 0.25) is 10.0 Å². The number of primary sulfonamides is 1. The van der Waals surface area contributed by atoms with Crippen LogP contribution < -0.4 is 5.14 Å². The summed E-state index contributed by atoms with van der Waals surface area (Å²) in [7, 11) is -4.07. The molecule has 1 aliphatic heterocycles. The van der Waals surface area contributed by atoms with Crippen LogP contribution >= 0.6 is 0 Å². The van der Waals surface area contributed by atoms with Crippen LogP contribution in [0.1, 0.15) is 41.8 Å². The lowest BCUT2D eigenvalue weighted by molar-refractivity contribution is -0.172. The van der Waals surface area contributed by atoms with E-state index in [2.05, 4.69) is 5.10 Å². The normalized spacial score (nSPS) is 16.8. The number of likely N-dealkylation sites (tertiary alicyclic amines) is 1. The summed E-state index contributed by atoms with van der Waals surface area (Å²) in [4.78, 5) is 0.740. The van der Waals surface area contributed by atoms with Gasteiger partial charge in [-0.3, -0.25) is 0 Å². The van der Waals surface area contributed by atoms with E-state index in [-0.39, 0.29) is 30.1 Å². The molecule has 1 aromatic heterocycles. The van der Waals surface area contributed by atoms with Gasteiger partial charge >= 0.3 is 6.05 Å². The molecule has 0 amide bonds. The van der Waals surface area contributed by atoms with Crippen molar-refractivity contribution in [1.82, 2.24) is 14.7 Å². The molecule has 4 rings (SSSR count). The Kier molecular flexibility index (Phi) is 6.35. The number of hydrogen-bond acceptors (Lipinski definition) is 4. The molecule has 2 N–H and O–H groups in total. The Hall–Kier alpha value is -2.69. The van der Waals surface area contributed by atoms with Crippen molar-refractivity contribution in [3.05, 3.63) is 76.9 Å². The Balaban J connectivity index is 1.74. The van der Waals surface area contributed by atoms with Gasteiger partial charge in [-0.25, -0.2) is 27.5 Å². The average Bonchev–Trinajstić information content (AvgIpc) is 3.10. The lowest BCUT2D eigenvalue weighted by Crippen LogP contribution is -2.44. The second-order valence-corrected chi connectivity index (χ2v) is 9.97. The van der Waals surface area contributed by atoms with Crippen molar-refractivity contribution >= 4 is 10.0 Å². The van der Waals surface area contributed by atoms with Gasteiger partial charge in [-0.1, -0.05) is 29.8 Å². The summed E-state index contributed by atoms with van der Waals surface area (Å²) in [6.07, 6.45) is 1.34. The monoisotopic (exact) mass is 478 g/mol. The lowest BCUT2D eigenvalue weighted by atomic mass is 10.1. The first-order valence-electron chi connectivity index (χ1n) is 10.6. The van der Waals surface area contributed by atoms with E-state index in [4.69, 9.17) is 5.14 Å². The number of piperidine rings is 1. The number of nitrogens with zero attached hydrogens (tertiary/aromatic N) is 3. The zero-order valence-corrected chi connectivity index (χ0v) is 19.0. The summed E-state index contributed by atoms with van der Waals surface area (Å²) in [6, 6.07) is 9.85. The molecule has 0 atom stereocenters. The highest BCUT2D eigenvalue weighted by Gasteiger charge is 2.39. The average molecular weight is 479 g/mol. The van der Waals surface area contributed by atoms with E-state index < -0.39 is 21.9 Å². The molecule has 2 aromatic carbocycles. The van der Waals surface area contributed by atoms with Gasteiger partial charge in [-0.15, -0.1) is 0 Å². The second kappa shape index (κ2) is 8.92. The van der Waals surface area contributed by atoms with Crippen LogP contribution in [0.25, 0.3) is 5.69 Å². The van der Waals surface area contributed by atoms with Crippen LogP contribution in [0.2, 0.25) is 0 Å². The van der Waals surface area contributed by atoms with E-state index in [1.165, 1.54) is 16.8 Å². The SMILES string of the molecule is Cc1cccc(Cc2cc(CN3CCCCC3(F)F)nn2-c2ccc(S(N)(=O)=O)cc2F)c1. The fourth-order valence-electron chi connectivity index (χ4n) is 4.11. The molecular formula is C23H25F3N4O2S. The summed E-state index contributed by atoms with van der Waals surface area (Å²) in [5, 5.41) is 9.53. The molecule has 3 aromatic rings. The number of aromatic nitrogens is 2. The van der Waals surface area contributed by atoms with Crippen molar-refractivity contribution in [3.8, 4) is 5.69 Å². The maximum atomic E-state index is 14.9. The van der Waals surface area contributed by atoms with Crippen LogP contribution in [-0.2, 0) is 23.0 Å². The molecule has 0 spiro atoms. The van der Waals surface area contributed by atoms with Gasteiger partial charge in [0.15, 0.2) is 0 Å². The van der Waals surface area contributed by atoms with Crippen molar-refractivity contribution in [2.45, 2.75) is 50.1 Å². The molecule has 176 valence electrons. The predicted octanol–water partition coefficient (Wildman–Crippen LogP) is 4.14. The van der Waals surface area contributed by atoms with Crippen molar-refractivity contribution in [1.29, 1.82) is 0 Å². The van der Waals surface area contributed by atoms with Gasteiger partial charge in [0.1, 0.15) is 11.5 Å². The predicted molar refractivity (Wildman–Crippen MR) is 118 cm³/mol. The molecule has 10 heteroatoms. The topological polar surface area (TPSA) is 81.2 Å².